The van der Waals surface area contributed by atoms with Crippen molar-refractivity contribution >= 4 is 17.5 Å². The van der Waals surface area contributed by atoms with Gasteiger partial charge in [0.05, 0.1) is 29.5 Å². The highest BCUT2D eigenvalue weighted by molar-refractivity contribution is 6.32. The maximum absolute atomic E-state index is 14.0. The minimum absolute atomic E-state index is 0.0179. The van der Waals surface area contributed by atoms with Gasteiger partial charge in [0.2, 0.25) is 0 Å². The van der Waals surface area contributed by atoms with Gasteiger partial charge in [0, 0.05) is 24.1 Å². The maximum Gasteiger partial charge on any atom is 0.416 e. The molecule has 2 aromatic rings. The van der Waals surface area contributed by atoms with Crippen molar-refractivity contribution in [3.05, 3.63) is 76.3 Å². The molecule has 3 aliphatic heterocycles. The standard InChI is InChI=1S/C31H33ClF4N2O4/c1-18(39)26-15-37(11-9-25(26)19-2-6-23(33)7-3-19)24-8-10-30(42-16-24,21-4-5-21)29(40)38-14-20-12-22(31(34,35)36)13-27(32)28(20)41-17-38/h2-3,6-7,12-13,21,24-26,39H,1,4-5,8-11,14-17H2/t24-,25?,26+,30+/m1/s1. The van der Waals surface area contributed by atoms with E-state index in [9.17, 15) is 27.5 Å². The Labute approximate surface area is 246 Å². The Morgan fingerprint density at radius 1 is 1.12 bits per heavy atom. The van der Waals surface area contributed by atoms with E-state index in [-0.39, 0.29) is 70.9 Å². The Balaban J connectivity index is 1.14. The highest BCUT2D eigenvalue weighted by Crippen LogP contribution is 2.49. The summed E-state index contributed by atoms with van der Waals surface area (Å²) in [6, 6.07) is 8.23. The van der Waals surface area contributed by atoms with E-state index in [0.29, 0.717) is 26.0 Å². The summed E-state index contributed by atoms with van der Waals surface area (Å²) in [5, 5.41) is 10.3. The number of fused-ring (bicyclic) bond motifs is 1. The first-order valence-electron chi connectivity index (χ1n) is 14.3. The van der Waals surface area contributed by atoms with Crippen molar-refractivity contribution in [3.8, 4) is 5.75 Å². The molecule has 0 bridgehead atoms. The number of rotatable bonds is 5. The number of halogens is 5. The number of hydrogen-bond donors (Lipinski definition) is 1. The van der Waals surface area contributed by atoms with Gasteiger partial charge >= 0.3 is 6.18 Å². The Morgan fingerprint density at radius 2 is 1.86 bits per heavy atom. The number of aliphatic hydroxyl groups excluding tert-OH is 1. The van der Waals surface area contributed by atoms with E-state index in [1.54, 1.807) is 12.1 Å². The topological polar surface area (TPSA) is 62.2 Å². The van der Waals surface area contributed by atoms with Crippen LogP contribution in [0.15, 0.2) is 48.7 Å². The molecule has 6 nitrogen and oxygen atoms in total. The lowest BCUT2D eigenvalue weighted by Crippen LogP contribution is -2.59. The van der Waals surface area contributed by atoms with Gasteiger partial charge in [-0.15, -0.1) is 0 Å². The zero-order valence-corrected chi connectivity index (χ0v) is 23.8. The number of carbonyl (C=O) groups excluding carboxylic acids is 1. The molecule has 0 aromatic heterocycles. The molecule has 1 saturated carbocycles. The number of piperidine rings is 1. The quantitative estimate of drug-likeness (QED) is 0.303. The second-order valence-electron chi connectivity index (χ2n) is 11.9. The van der Waals surface area contributed by atoms with Crippen molar-refractivity contribution < 1.29 is 36.9 Å². The number of carbonyl (C=O) groups is 1. The van der Waals surface area contributed by atoms with Crippen LogP contribution in [0.4, 0.5) is 17.6 Å². The van der Waals surface area contributed by atoms with Crippen LogP contribution in [0.3, 0.4) is 0 Å². The van der Waals surface area contributed by atoms with Crippen LogP contribution >= 0.6 is 11.6 Å². The second-order valence-corrected chi connectivity index (χ2v) is 12.3. The molecule has 1 unspecified atom stereocenters. The molecule has 1 N–H and O–H groups in total. The lowest BCUT2D eigenvalue weighted by molar-refractivity contribution is -0.180. The van der Waals surface area contributed by atoms with Crippen molar-refractivity contribution in [1.82, 2.24) is 9.80 Å². The smallest absolute Gasteiger partial charge is 0.416 e. The Kier molecular flexibility index (Phi) is 7.68. The number of alkyl halides is 3. The molecule has 4 atom stereocenters. The van der Waals surface area contributed by atoms with Gasteiger partial charge in [-0.05, 0) is 80.3 Å². The first-order valence-corrected chi connectivity index (χ1v) is 14.7. The third-order valence-electron chi connectivity index (χ3n) is 9.33. The van der Waals surface area contributed by atoms with Crippen LogP contribution in [0.5, 0.6) is 5.75 Å². The third kappa shape index (κ3) is 5.49. The van der Waals surface area contributed by atoms with Gasteiger partial charge in [-0.3, -0.25) is 9.69 Å². The van der Waals surface area contributed by atoms with Crippen molar-refractivity contribution in [2.45, 2.75) is 62.4 Å². The summed E-state index contributed by atoms with van der Waals surface area (Å²) in [4.78, 5) is 17.7. The molecule has 6 rings (SSSR count). The largest absolute Gasteiger partial charge is 0.513 e. The van der Waals surface area contributed by atoms with E-state index >= 15 is 0 Å². The predicted octanol–water partition coefficient (Wildman–Crippen LogP) is 6.68. The predicted molar refractivity (Wildman–Crippen MR) is 148 cm³/mol. The molecule has 3 fully saturated rings. The van der Waals surface area contributed by atoms with Gasteiger partial charge in [0.1, 0.15) is 17.2 Å². The molecular formula is C31H33ClF4N2O4. The van der Waals surface area contributed by atoms with E-state index < -0.39 is 17.3 Å². The van der Waals surface area contributed by atoms with Gasteiger partial charge in [0.25, 0.3) is 5.91 Å². The fourth-order valence-electron chi connectivity index (χ4n) is 6.92. The maximum atomic E-state index is 14.0. The van der Waals surface area contributed by atoms with E-state index in [1.807, 2.05) is 0 Å². The third-order valence-corrected chi connectivity index (χ3v) is 9.61. The van der Waals surface area contributed by atoms with Crippen molar-refractivity contribution in [3.63, 3.8) is 0 Å². The number of benzene rings is 2. The molecule has 1 aliphatic carbocycles. The Hall–Kier alpha value is -2.82. The first-order chi connectivity index (χ1) is 20.0. The number of amides is 1. The Bertz CT molecular complexity index is 1360. The summed E-state index contributed by atoms with van der Waals surface area (Å²) in [6.45, 7) is 5.29. The minimum atomic E-state index is -4.57. The molecule has 0 radical (unpaired) electrons. The highest BCUT2D eigenvalue weighted by Gasteiger charge is 2.56. The van der Waals surface area contributed by atoms with Gasteiger partial charge < -0.3 is 19.5 Å². The van der Waals surface area contributed by atoms with Crippen molar-refractivity contribution in [2.24, 2.45) is 11.8 Å². The van der Waals surface area contributed by atoms with E-state index in [0.717, 1.165) is 43.5 Å². The van der Waals surface area contributed by atoms with Crippen molar-refractivity contribution in [1.29, 1.82) is 0 Å². The summed E-state index contributed by atoms with van der Waals surface area (Å²) in [7, 11) is 0. The molecule has 1 amide bonds. The highest BCUT2D eigenvalue weighted by atomic mass is 35.5. The normalized spacial score (nSPS) is 28.6. The first kappa shape index (κ1) is 29.3. The van der Waals surface area contributed by atoms with E-state index in [4.69, 9.17) is 21.1 Å². The Morgan fingerprint density at radius 3 is 2.48 bits per heavy atom. The summed E-state index contributed by atoms with van der Waals surface area (Å²) >= 11 is 6.09. The zero-order valence-electron chi connectivity index (χ0n) is 23.0. The summed E-state index contributed by atoms with van der Waals surface area (Å²) in [6.07, 6.45) is -0.939. The molecule has 3 heterocycles. The van der Waals surface area contributed by atoms with Crippen LogP contribution in [0.2, 0.25) is 5.02 Å². The van der Waals surface area contributed by atoms with Gasteiger partial charge in [-0.25, -0.2) is 4.39 Å². The molecule has 0 spiro atoms. The molecule has 4 aliphatic rings. The van der Waals surface area contributed by atoms with Gasteiger partial charge in [0.15, 0.2) is 6.73 Å². The number of likely N-dealkylation sites (tertiary alicyclic amines) is 1. The summed E-state index contributed by atoms with van der Waals surface area (Å²) < 4.78 is 65.8. The minimum Gasteiger partial charge on any atom is -0.513 e. The monoisotopic (exact) mass is 608 g/mol. The molecule has 2 saturated heterocycles. The SMILES string of the molecule is C=C(O)[C@@H]1CN([C@@H]2CC[C@@](C(=O)N3COc4c(Cl)cc(C(F)(F)F)cc4C3)(C3CC3)OC2)CCC1c1ccc(F)cc1. The number of hydrogen-bond acceptors (Lipinski definition) is 5. The lowest BCUT2D eigenvalue weighted by atomic mass is 9.78. The number of nitrogens with zero attached hydrogens (tertiary/aromatic N) is 2. The number of ether oxygens (including phenoxy) is 2. The zero-order chi connectivity index (χ0) is 29.8. The van der Waals surface area contributed by atoms with Crippen LogP contribution in [0.1, 0.15) is 54.7 Å². The average molecular weight is 609 g/mol. The van der Waals surface area contributed by atoms with Crippen LogP contribution in [-0.2, 0) is 22.3 Å². The average Bonchev–Trinajstić information content (AvgIpc) is 3.82. The fraction of sp³-hybridized carbons (Fsp3) is 0.516. The van der Waals surface area contributed by atoms with Crippen LogP contribution < -0.4 is 4.74 Å². The summed E-state index contributed by atoms with van der Waals surface area (Å²) in [5.41, 5.74) is -0.753. The molecular weight excluding hydrogens is 576 g/mol. The molecule has 11 heteroatoms. The lowest BCUT2D eigenvalue weighted by Gasteiger charge is -2.48. The van der Waals surface area contributed by atoms with Crippen LogP contribution in [-0.4, -0.2) is 58.9 Å². The molecule has 2 aromatic carbocycles. The van der Waals surface area contributed by atoms with E-state index in [2.05, 4.69) is 11.5 Å². The number of aliphatic hydroxyl groups is 1. The van der Waals surface area contributed by atoms with Gasteiger partial charge in [-0.2, -0.15) is 13.2 Å². The molecule has 42 heavy (non-hydrogen) atoms. The van der Waals surface area contributed by atoms with Gasteiger partial charge in [-0.1, -0.05) is 30.3 Å². The van der Waals surface area contributed by atoms with Crippen molar-refractivity contribution in [2.75, 3.05) is 26.4 Å². The van der Waals surface area contributed by atoms with Crippen LogP contribution in [0.25, 0.3) is 0 Å². The van der Waals surface area contributed by atoms with E-state index in [1.165, 1.54) is 17.0 Å². The fourth-order valence-corrected chi connectivity index (χ4v) is 7.22. The molecule has 226 valence electrons. The summed E-state index contributed by atoms with van der Waals surface area (Å²) in [5.74, 6) is -0.468. The second kappa shape index (κ2) is 11.0. The van der Waals surface area contributed by atoms with Crippen LogP contribution in [0, 0.1) is 17.7 Å².